The Balaban J connectivity index is 2.28. The van der Waals surface area contributed by atoms with Gasteiger partial charge >= 0.3 is 12.8 Å². The largest absolute Gasteiger partial charge is 0.434 e. The van der Waals surface area contributed by atoms with Gasteiger partial charge in [-0.15, -0.1) is 0 Å². The molecule has 0 amide bonds. The molecule has 3 nitrogen and oxygen atoms in total. The molecule has 1 N–H and O–H groups in total. The summed E-state index contributed by atoms with van der Waals surface area (Å²) in [4.78, 5) is 0. The Labute approximate surface area is 145 Å². The van der Waals surface area contributed by atoms with Crippen molar-refractivity contribution in [1.82, 2.24) is 0 Å². The van der Waals surface area contributed by atoms with Crippen LogP contribution in [0.1, 0.15) is 18.1 Å². The van der Waals surface area contributed by atoms with E-state index in [1.165, 1.54) is 25.1 Å². The number of hydrogen-bond donors (Lipinski definition) is 1. The lowest BCUT2D eigenvalue weighted by Gasteiger charge is -2.12. The predicted molar refractivity (Wildman–Crippen MR) is 85.4 cm³/mol. The Bertz CT molecular complexity index is 777. The van der Waals surface area contributed by atoms with E-state index in [1.807, 2.05) is 0 Å². The lowest BCUT2D eigenvalue weighted by molar-refractivity contribution is -0.137. The number of anilines is 1. The SMILES string of the molecule is CC(=NNc1cc(C(F)(F)F)ccc1Cl)c1ccccc1OC(F)F. The molecule has 134 valence electrons. The van der Waals surface area contributed by atoms with Gasteiger partial charge in [-0.3, -0.25) is 5.43 Å². The van der Waals surface area contributed by atoms with Gasteiger partial charge in [0.25, 0.3) is 0 Å². The molecule has 25 heavy (non-hydrogen) atoms. The van der Waals surface area contributed by atoms with Gasteiger partial charge in [-0.2, -0.15) is 27.1 Å². The van der Waals surface area contributed by atoms with E-state index in [2.05, 4.69) is 15.3 Å². The maximum atomic E-state index is 12.7. The van der Waals surface area contributed by atoms with E-state index >= 15 is 0 Å². The van der Waals surface area contributed by atoms with Crippen molar-refractivity contribution in [2.24, 2.45) is 5.10 Å². The van der Waals surface area contributed by atoms with E-state index in [0.717, 1.165) is 18.2 Å². The van der Waals surface area contributed by atoms with E-state index in [1.54, 1.807) is 6.07 Å². The average molecular weight is 379 g/mol. The molecule has 0 fully saturated rings. The number of hydrazone groups is 1. The zero-order valence-corrected chi connectivity index (χ0v) is 13.5. The van der Waals surface area contributed by atoms with Crippen molar-refractivity contribution in [2.75, 3.05) is 5.43 Å². The van der Waals surface area contributed by atoms with E-state index in [-0.39, 0.29) is 27.7 Å². The van der Waals surface area contributed by atoms with Crippen LogP contribution in [0.3, 0.4) is 0 Å². The zero-order valence-electron chi connectivity index (χ0n) is 12.7. The first-order chi connectivity index (χ1) is 11.7. The van der Waals surface area contributed by atoms with Gasteiger partial charge in [-0.1, -0.05) is 23.7 Å². The third-order valence-corrected chi connectivity index (χ3v) is 3.46. The quantitative estimate of drug-likeness (QED) is 0.405. The molecule has 0 spiro atoms. The van der Waals surface area contributed by atoms with E-state index in [4.69, 9.17) is 11.6 Å². The molecule has 0 atom stereocenters. The molecule has 2 aromatic carbocycles. The number of nitrogens with one attached hydrogen (secondary N) is 1. The summed E-state index contributed by atoms with van der Waals surface area (Å²) >= 11 is 5.85. The van der Waals surface area contributed by atoms with Gasteiger partial charge in [0.05, 0.1) is 22.0 Å². The minimum absolute atomic E-state index is 0.0293. The maximum absolute atomic E-state index is 12.7. The summed E-state index contributed by atoms with van der Waals surface area (Å²) in [6, 6.07) is 8.65. The number of ether oxygens (including phenoxy) is 1. The third kappa shape index (κ3) is 5.06. The molecule has 2 aromatic rings. The van der Waals surface area contributed by atoms with Gasteiger partial charge in [0.15, 0.2) is 0 Å². The number of rotatable bonds is 5. The van der Waals surface area contributed by atoms with Crippen molar-refractivity contribution < 1.29 is 26.7 Å². The summed E-state index contributed by atoms with van der Waals surface area (Å²) in [5.41, 5.74) is 1.94. The Morgan fingerprint density at radius 3 is 2.48 bits per heavy atom. The predicted octanol–water partition coefficient (Wildman–Crippen LogP) is 5.80. The highest BCUT2D eigenvalue weighted by Crippen LogP contribution is 2.34. The lowest BCUT2D eigenvalue weighted by atomic mass is 10.1. The van der Waals surface area contributed by atoms with E-state index in [9.17, 15) is 22.0 Å². The zero-order chi connectivity index (χ0) is 18.6. The van der Waals surface area contributed by atoms with Gasteiger partial charge < -0.3 is 4.74 Å². The highest BCUT2D eigenvalue weighted by atomic mass is 35.5. The maximum Gasteiger partial charge on any atom is 0.416 e. The number of benzene rings is 2. The van der Waals surface area contributed by atoms with Gasteiger partial charge in [0.2, 0.25) is 0 Å². The first-order valence-electron chi connectivity index (χ1n) is 6.89. The summed E-state index contributed by atoms with van der Waals surface area (Å²) in [5.74, 6) is -0.101. The summed E-state index contributed by atoms with van der Waals surface area (Å²) < 4.78 is 67.5. The molecule has 0 saturated carbocycles. The van der Waals surface area contributed by atoms with Gasteiger partial charge in [0, 0.05) is 5.56 Å². The number of alkyl halides is 5. The summed E-state index contributed by atoms with van der Waals surface area (Å²) in [6.45, 7) is -1.53. The summed E-state index contributed by atoms with van der Waals surface area (Å²) in [5, 5.41) is 3.94. The van der Waals surface area contributed by atoms with E-state index < -0.39 is 18.4 Å². The van der Waals surface area contributed by atoms with Crippen molar-refractivity contribution in [2.45, 2.75) is 19.7 Å². The minimum Gasteiger partial charge on any atom is -0.434 e. The fourth-order valence-corrected chi connectivity index (χ4v) is 2.12. The normalized spacial score (nSPS) is 12.4. The van der Waals surface area contributed by atoms with E-state index in [0.29, 0.717) is 0 Å². The third-order valence-electron chi connectivity index (χ3n) is 3.13. The molecule has 0 saturated heterocycles. The van der Waals surface area contributed by atoms with Gasteiger partial charge in [0.1, 0.15) is 5.75 Å². The molecule has 0 radical (unpaired) electrons. The van der Waals surface area contributed by atoms with Crippen molar-refractivity contribution in [1.29, 1.82) is 0 Å². The first-order valence-corrected chi connectivity index (χ1v) is 7.27. The van der Waals surface area contributed by atoms with Crippen LogP contribution in [-0.2, 0) is 6.18 Å². The molecule has 0 aliphatic heterocycles. The molecule has 0 bridgehead atoms. The second-order valence-electron chi connectivity index (χ2n) is 4.88. The first kappa shape index (κ1) is 19.0. The van der Waals surface area contributed by atoms with Crippen LogP contribution < -0.4 is 10.2 Å². The Morgan fingerprint density at radius 1 is 1.16 bits per heavy atom. The van der Waals surface area contributed by atoms with Crippen LogP contribution in [0.15, 0.2) is 47.6 Å². The van der Waals surface area contributed by atoms with Crippen LogP contribution in [0.4, 0.5) is 27.6 Å². The highest BCUT2D eigenvalue weighted by molar-refractivity contribution is 6.33. The van der Waals surface area contributed by atoms with Crippen LogP contribution in [0.25, 0.3) is 0 Å². The molecular weight excluding hydrogens is 367 g/mol. The monoisotopic (exact) mass is 378 g/mol. The van der Waals surface area contributed by atoms with Crippen molar-refractivity contribution >= 4 is 23.0 Å². The summed E-state index contributed by atoms with van der Waals surface area (Å²) in [6.07, 6.45) is -4.53. The van der Waals surface area contributed by atoms with Crippen molar-refractivity contribution in [3.63, 3.8) is 0 Å². The molecule has 2 rings (SSSR count). The second kappa shape index (κ2) is 7.69. The summed E-state index contributed by atoms with van der Waals surface area (Å²) in [7, 11) is 0. The number of hydrogen-bond acceptors (Lipinski definition) is 3. The second-order valence-corrected chi connectivity index (χ2v) is 5.28. The number of halogens is 6. The Morgan fingerprint density at radius 2 is 1.84 bits per heavy atom. The Kier molecular flexibility index (Phi) is 5.84. The van der Waals surface area contributed by atoms with Gasteiger partial charge in [-0.05, 0) is 37.3 Å². The topological polar surface area (TPSA) is 33.6 Å². The standard InChI is InChI=1S/C16H12ClF5N2O/c1-9(11-4-2-3-5-14(11)25-15(18)19)23-24-13-8-10(16(20,21)22)6-7-12(13)17/h2-8,15,24H,1H3. The molecule has 0 unspecified atom stereocenters. The number of para-hydroxylation sites is 1. The average Bonchev–Trinajstić information content (AvgIpc) is 2.52. The molecule has 9 heteroatoms. The lowest BCUT2D eigenvalue weighted by Crippen LogP contribution is -2.08. The number of nitrogens with zero attached hydrogens (tertiary/aromatic N) is 1. The minimum atomic E-state index is -4.53. The molecule has 0 aliphatic rings. The van der Waals surface area contributed by atoms with Crippen LogP contribution in [0, 0.1) is 0 Å². The fraction of sp³-hybridized carbons (Fsp3) is 0.188. The smallest absolute Gasteiger partial charge is 0.416 e. The molecule has 0 aliphatic carbocycles. The van der Waals surface area contributed by atoms with Crippen LogP contribution in [0.5, 0.6) is 5.75 Å². The van der Waals surface area contributed by atoms with Crippen molar-refractivity contribution in [3.8, 4) is 5.75 Å². The fourth-order valence-electron chi connectivity index (χ4n) is 1.96. The van der Waals surface area contributed by atoms with Crippen LogP contribution in [-0.4, -0.2) is 12.3 Å². The molecule has 0 heterocycles. The molecule has 0 aromatic heterocycles. The Hall–Kier alpha value is -2.35. The van der Waals surface area contributed by atoms with Crippen LogP contribution in [0.2, 0.25) is 5.02 Å². The van der Waals surface area contributed by atoms with Crippen molar-refractivity contribution in [3.05, 3.63) is 58.6 Å². The highest BCUT2D eigenvalue weighted by Gasteiger charge is 2.31. The van der Waals surface area contributed by atoms with Gasteiger partial charge in [-0.25, -0.2) is 0 Å². The molecular formula is C16H12ClF5N2O. The van der Waals surface area contributed by atoms with Crippen LogP contribution >= 0.6 is 11.6 Å².